The molecule has 8 bridgehead atoms. The van der Waals surface area contributed by atoms with Crippen LogP contribution in [0.25, 0.3) is 79.6 Å². The van der Waals surface area contributed by atoms with E-state index in [0.29, 0.717) is 0 Å². The highest BCUT2D eigenvalue weighted by Gasteiger charge is 2.22. The molecule has 0 saturated carbocycles. The van der Waals surface area contributed by atoms with Crippen molar-refractivity contribution in [1.29, 1.82) is 0 Å². The van der Waals surface area contributed by atoms with Crippen LogP contribution in [-0.2, 0) is 0 Å². The van der Waals surface area contributed by atoms with E-state index in [2.05, 4.69) is 194 Å². The zero-order chi connectivity index (χ0) is 37.1. The van der Waals surface area contributed by atoms with Gasteiger partial charge in [-0.25, -0.2) is 9.97 Å². The van der Waals surface area contributed by atoms with Crippen LogP contribution in [0.15, 0.2) is 102 Å². The van der Waals surface area contributed by atoms with Gasteiger partial charge < -0.3 is 24.7 Å². The third kappa shape index (κ3) is 6.08. The van der Waals surface area contributed by atoms with Crippen molar-refractivity contribution >= 4 is 86.2 Å². The maximum atomic E-state index is 5.41. The van der Waals surface area contributed by atoms with E-state index in [4.69, 9.17) is 9.97 Å². The van der Waals surface area contributed by atoms with Gasteiger partial charge in [-0.1, -0.05) is 48.2 Å². The Morgan fingerprint density at radius 2 is 1.04 bits per heavy atom. The van der Waals surface area contributed by atoms with Crippen LogP contribution in [0.5, 0.6) is 0 Å². The molecule has 3 aromatic carbocycles. The molecule has 3 aliphatic heterocycles. The number of benzene rings is 3. The molecule has 9 rings (SSSR count). The summed E-state index contributed by atoms with van der Waals surface area (Å²) < 4.78 is 0. The van der Waals surface area contributed by atoms with Crippen LogP contribution in [0.1, 0.15) is 33.9 Å². The zero-order valence-electron chi connectivity index (χ0n) is 31.3. The molecule has 6 aromatic rings. The van der Waals surface area contributed by atoms with Gasteiger partial charge in [0, 0.05) is 102 Å². The summed E-state index contributed by atoms with van der Waals surface area (Å²) in [7, 11) is 12.4. The van der Waals surface area contributed by atoms with Gasteiger partial charge in [0.1, 0.15) is 0 Å². The number of rotatable bonds is 6. The first kappa shape index (κ1) is 33.6. The number of thioether (sulfide) groups is 1. The summed E-state index contributed by atoms with van der Waals surface area (Å²) in [6, 6.07) is 34.9. The lowest BCUT2D eigenvalue weighted by atomic mass is 10.0. The first-order chi connectivity index (χ1) is 26.2. The highest BCUT2D eigenvalue weighted by molar-refractivity contribution is 8.08. The third-order valence-corrected chi connectivity index (χ3v) is 11.3. The maximum Gasteiger partial charge on any atom is 0.0737 e. The lowest BCUT2D eigenvalue weighted by Gasteiger charge is -2.16. The molecule has 266 valence electrons. The number of H-pyrrole nitrogens is 2. The van der Waals surface area contributed by atoms with Crippen molar-refractivity contribution in [1.82, 2.24) is 19.9 Å². The van der Waals surface area contributed by atoms with E-state index in [1.807, 2.05) is 0 Å². The second-order valence-corrected chi connectivity index (χ2v) is 15.5. The Morgan fingerprint density at radius 3 is 1.65 bits per heavy atom. The second kappa shape index (κ2) is 13.3. The van der Waals surface area contributed by atoms with Gasteiger partial charge in [-0.2, -0.15) is 0 Å². The van der Waals surface area contributed by atoms with Crippen molar-refractivity contribution in [3.8, 4) is 22.3 Å². The van der Waals surface area contributed by atoms with Crippen molar-refractivity contribution in [2.45, 2.75) is 4.90 Å². The molecular formula is C46H41N7S. The molecule has 0 unspecified atom stereocenters. The lowest BCUT2D eigenvalue weighted by Crippen LogP contribution is -2.08. The molecule has 6 heterocycles. The fourth-order valence-electron chi connectivity index (χ4n) is 7.26. The Bertz CT molecular complexity index is 2690. The third-order valence-electron chi connectivity index (χ3n) is 10.2. The van der Waals surface area contributed by atoms with Crippen LogP contribution in [0.4, 0.5) is 17.1 Å². The number of hydrogen-bond acceptors (Lipinski definition) is 6. The molecule has 8 heteroatoms. The van der Waals surface area contributed by atoms with E-state index < -0.39 is 0 Å². The largest absolute Gasteiger partial charge is 0.378 e. The van der Waals surface area contributed by atoms with Crippen molar-refractivity contribution < 1.29 is 0 Å². The molecule has 3 aliphatic rings. The van der Waals surface area contributed by atoms with Crippen LogP contribution in [0.2, 0.25) is 0 Å². The van der Waals surface area contributed by atoms with Crippen LogP contribution in [0.3, 0.4) is 0 Å². The van der Waals surface area contributed by atoms with E-state index >= 15 is 0 Å². The SMILES string of the molecule is CN(C)c1ccc(C2=Cc3c4nc(c(-c5ccc(N(C)C)cc5)c5ccc(cc6nc(c(-c7ccc(N(C)C)cc7)c7cc(c3[nH]7)S2)C=C6)[nH]5)C=C4)cc1. The number of hydrogen-bond donors (Lipinski definition) is 2. The van der Waals surface area contributed by atoms with E-state index in [-0.39, 0.29) is 0 Å². The first-order valence-electron chi connectivity index (χ1n) is 18.1. The van der Waals surface area contributed by atoms with Crippen molar-refractivity contribution in [2.24, 2.45) is 0 Å². The fraction of sp³-hybridized carbons (Fsp3) is 0.130. The van der Waals surface area contributed by atoms with Crippen LogP contribution in [0, 0.1) is 0 Å². The van der Waals surface area contributed by atoms with Crippen molar-refractivity contribution in [2.75, 3.05) is 57.0 Å². The summed E-state index contributed by atoms with van der Waals surface area (Å²) >= 11 is 1.79. The Balaban J connectivity index is 1.35. The number of nitrogens with one attached hydrogen (secondary N) is 2. The number of aromatic amines is 2. The number of anilines is 3. The van der Waals surface area contributed by atoms with Gasteiger partial charge in [0.05, 0.1) is 28.3 Å². The van der Waals surface area contributed by atoms with E-state index in [9.17, 15) is 0 Å². The topological polar surface area (TPSA) is 67.1 Å². The summed E-state index contributed by atoms with van der Waals surface area (Å²) in [5, 5.41) is 0. The molecule has 2 N–H and O–H groups in total. The minimum absolute atomic E-state index is 0.890. The predicted molar refractivity (Wildman–Crippen MR) is 233 cm³/mol. The number of fused-ring (bicyclic) bond motifs is 8. The zero-order valence-corrected chi connectivity index (χ0v) is 32.1. The molecule has 0 fully saturated rings. The molecule has 0 atom stereocenters. The van der Waals surface area contributed by atoms with Gasteiger partial charge in [0.2, 0.25) is 0 Å². The molecule has 0 amide bonds. The maximum absolute atomic E-state index is 5.41. The van der Waals surface area contributed by atoms with Gasteiger partial charge in [-0.05, 0) is 108 Å². The van der Waals surface area contributed by atoms with Gasteiger partial charge in [0.25, 0.3) is 0 Å². The minimum atomic E-state index is 0.890. The molecule has 0 spiro atoms. The minimum Gasteiger partial charge on any atom is -0.378 e. The second-order valence-electron chi connectivity index (χ2n) is 14.5. The standard InChI is InChI=1S/C46H41N7S/c1-51(2)33-15-7-28(8-16-33)42-26-36-37-23-24-40(49-37)44(29-9-17-34(18-10-29)52(3)4)38-21-13-31(47-38)25-32-14-22-39(48-32)45(41-27-43(54-42)46(36)50-41)30-11-19-35(20-12-30)53(5)6/h7-27,47,50H,1-6H3. The molecule has 7 nitrogen and oxygen atoms in total. The Hall–Kier alpha value is -6.25. The van der Waals surface area contributed by atoms with Crippen LogP contribution >= 0.6 is 11.8 Å². The lowest BCUT2D eigenvalue weighted by molar-refractivity contribution is 1.13. The average molecular weight is 724 g/mol. The Kier molecular flexibility index (Phi) is 8.27. The van der Waals surface area contributed by atoms with Gasteiger partial charge in [0.15, 0.2) is 0 Å². The van der Waals surface area contributed by atoms with Gasteiger partial charge >= 0.3 is 0 Å². The summed E-state index contributed by atoms with van der Waals surface area (Å²) in [5.74, 6) is 0. The summed E-state index contributed by atoms with van der Waals surface area (Å²) in [4.78, 5) is 26.9. The monoisotopic (exact) mass is 723 g/mol. The summed E-state index contributed by atoms with van der Waals surface area (Å²) in [5.41, 5.74) is 17.7. The van der Waals surface area contributed by atoms with Crippen LogP contribution < -0.4 is 14.7 Å². The Morgan fingerprint density at radius 1 is 0.500 bits per heavy atom. The summed E-state index contributed by atoms with van der Waals surface area (Å²) in [6.45, 7) is 0. The van der Waals surface area contributed by atoms with Gasteiger partial charge in [-0.15, -0.1) is 0 Å². The smallest absolute Gasteiger partial charge is 0.0737 e. The van der Waals surface area contributed by atoms with Crippen LogP contribution in [-0.4, -0.2) is 62.2 Å². The molecular weight excluding hydrogens is 683 g/mol. The fourth-order valence-corrected chi connectivity index (χ4v) is 8.36. The van der Waals surface area contributed by atoms with E-state index in [1.165, 1.54) is 16.2 Å². The Labute approximate surface area is 320 Å². The van der Waals surface area contributed by atoms with E-state index in [1.54, 1.807) is 11.8 Å². The van der Waals surface area contributed by atoms with E-state index in [0.717, 1.165) is 88.9 Å². The molecule has 0 radical (unpaired) electrons. The normalized spacial score (nSPS) is 12.9. The molecule has 3 aromatic heterocycles. The first-order valence-corrected chi connectivity index (χ1v) is 18.9. The average Bonchev–Trinajstić information content (AvgIpc) is 4.01. The highest BCUT2D eigenvalue weighted by atomic mass is 32.2. The molecule has 0 aliphatic carbocycles. The van der Waals surface area contributed by atoms with Crippen molar-refractivity contribution in [3.63, 3.8) is 0 Å². The van der Waals surface area contributed by atoms with Crippen molar-refractivity contribution in [3.05, 3.63) is 131 Å². The summed E-state index contributed by atoms with van der Waals surface area (Å²) in [6.07, 6.45) is 10.8. The number of aromatic nitrogens is 4. The van der Waals surface area contributed by atoms with Gasteiger partial charge in [-0.3, -0.25) is 0 Å². The quantitative estimate of drug-likeness (QED) is 0.178. The predicted octanol–water partition coefficient (Wildman–Crippen LogP) is 10.8. The number of nitrogens with zero attached hydrogens (tertiary/aromatic N) is 5. The molecule has 54 heavy (non-hydrogen) atoms. The highest BCUT2D eigenvalue weighted by Crippen LogP contribution is 2.46. The molecule has 0 saturated heterocycles.